The van der Waals surface area contributed by atoms with Gasteiger partial charge in [-0.15, -0.1) is 0 Å². The number of rotatable bonds is 7. The zero-order valence-electron chi connectivity index (χ0n) is 11.6. The summed E-state index contributed by atoms with van der Waals surface area (Å²) in [6.07, 6.45) is -3.27. The van der Waals surface area contributed by atoms with E-state index in [4.69, 9.17) is 0 Å². The second-order valence-corrected chi connectivity index (χ2v) is 5.65. The normalized spacial score (nSPS) is 13.5. The van der Waals surface area contributed by atoms with Crippen LogP contribution in [0.25, 0.3) is 0 Å². The van der Waals surface area contributed by atoms with Crippen molar-refractivity contribution in [3.63, 3.8) is 0 Å². The Morgan fingerprint density at radius 2 is 2.00 bits per heavy atom. The Morgan fingerprint density at radius 1 is 1.30 bits per heavy atom. The molecule has 0 heterocycles. The molecular weight excluding hydrogens is 333 g/mol. The third kappa shape index (κ3) is 5.81. The Kier molecular flexibility index (Phi) is 6.99. The lowest BCUT2D eigenvalue weighted by Gasteiger charge is -2.16. The molecule has 2 N–H and O–H groups in total. The smallest absolute Gasteiger partial charge is 0.315 e. The summed E-state index contributed by atoms with van der Waals surface area (Å²) in [5, 5.41) is 6.48. The fourth-order valence-corrected chi connectivity index (χ4v) is 2.23. The number of alkyl halides is 3. The molecule has 6 heteroatoms. The monoisotopic (exact) mass is 352 g/mol. The van der Waals surface area contributed by atoms with E-state index in [-0.39, 0.29) is 10.5 Å². The van der Waals surface area contributed by atoms with Crippen LogP contribution in [0, 0.1) is 0 Å². The molecule has 0 fully saturated rings. The van der Waals surface area contributed by atoms with Crippen LogP contribution in [0.15, 0.2) is 22.7 Å². The molecule has 0 aliphatic rings. The number of halogens is 4. The maximum Gasteiger partial charge on any atom is 0.417 e. The summed E-state index contributed by atoms with van der Waals surface area (Å²) >= 11 is 2.94. The first kappa shape index (κ1) is 17.5. The van der Waals surface area contributed by atoms with Crippen molar-refractivity contribution in [1.82, 2.24) is 10.6 Å². The third-order valence-corrected chi connectivity index (χ3v) is 3.56. The van der Waals surface area contributed by atoms with Crippen LogP contribution < -0.4 is 10.6 Å². The zero-order chi connectivity index (χ0) is 15.2. The predicted molar refractivity (Wildman–Crippen MR) is 78.6 cm³/mol. The predicted octanol–water partition coefficient (Wildman–Crippen LogP) is 3.95. The van der Waals surface area contributed by atoms with E-state index in [1.165, 1.54) is 12.1 Å². The quantitative estimate of drug-likeness (QED) is 0.726. The molecule has 1 atom stereocenters. The highest BCUT2D eigenvalue weighted by Crippen LogP contribution is 2.35. The highest BCUT2D eigenvalue weighted by molar-refractivity contribution is 9.10. The summed E-state index contributed by atoms with van der Waals surface area (Å²) in [4.78, 5) is 0. The molecule has 1 unspecified atom stereocenters. The number of hydrogen-bond donors (Lipinski definition) is 2. The highest BCUT2D eigenvalue weighted by Gasteiger charge is 2.33. The SMILES string of the molecule is CCCNCC(C)NCc1ccc(Br)c(C(F)(F)F)c1. The minimum atomic E-state index is -4.33. The van der Waals surface area contributed by atoms with Gasteiger partial charge in [0.25, 0.3) is 0 Å². The van der Waals surface area contributed by atoms with E-state index >= 15 is 0 Å². The van der Waals surface area contributed by atoms with Crippen LogP contribution in [0.3, 0.4) is 0 Å². The van der Waals surface area contributed by atoms with Crippen molar-refractivity contribution in [2.24, 2.45) is 0 Å². The molecule has 2 nitrogen and oxygen atoms in total. The molecule has 0 amide bonds. The van der Waals surface area contributed by atoms with Gasteiger partial charge in [-0.3, -0.25) is 0 Å². The zero-order valence-corrected chi connectivity index (χ0v) is 13.2. The number of benzene rings is 1. The second-order valence-electron chi connectivity index (χ2n) is 4.80. The average molecular weight is 353 g/mol. The Balaban J connectivity index is 2.56. The maximum atomic E-state index is 12.8. The molecule has 0 saturated carbocycles. The van der Waals surface area contributed by atoms with Crippen LogP contribution in [0.1, 0.15) is 31.4 Å². The molecule has 0 bridgehead atoms. The third-order valence-electron chi connectivity index (χ3n) is 2.87. The molecule has 0 saturated heterocycles. The van der Waals surface area contributed by atoms with Crippen molar-refractivity contribution >= 4 is 15.9 Å². The molecule has 0 aliphatic heterocycles. The Labute approximate surface area is 126 Å². The lowest BCUT2D eigenvalue weighted by Crippen LogP contribution is -2.36. The first-order valence-corrected chi connectivity index (χ1v) is 7.43. The Bertz CT molecular complexity index is 421. The van der Waals surface area contributed by atoms with Crippen LogP contribution in [0.5, 0.6) is 0 Å². The minimum Gasteiger partial charge on any atom is -0.315 e. The topological polar surface area (TPSA) is 24.1 Å². The van der Waals surface area contributed by atoms with Crippen molar-refractivity contribution in [2.45, 2.75) is 39.0 Å². The summed E-state index contributed by atoms with van der Waals surface area (Å²) in [6.45, 7) is 6.27. The van der Waals surface area contributed by atoms with E-state index in [0.717, 1.165) is 19.5 Å². The number of nitrogens with one attached hydrogen (secondary N) is 2. The van der Waals surface area contributed by atoms with Gasteiger partial charge in [-0.2, -0.15) is 13.2 Å². The molecule has 0 aromatic heterocycles. The summed E-state index contributed by atoms with van der Waals surface area (Å²) in [7, 11) is 0. The van der Waals surface area contributed by atoms with Gasteiger partial charge in [0.1, 0.15) is 0 Å². The summed E-state index contributed by atoms with van der Waals surface area (Å²) < 4.78 is 38.4. The summed E-state index contributed by atoms with van der Waals surface area (Å²) in [5.41, 5.74) is -0.00331. The van der Waals surface area contributed by atoms with Crippen molar-refractivity contribution in [2.75, 3.05) is 13.1 Å². The van der Waals surface area contributed by atoms with E-state index in [1.54, 1.807) is 6.07 Å². The first-order valence-electron chi connectivity index (χ1n) is 6.64. The fourth-order valence-electron chi connectivity index (χ4n) is 1.76. The summed E-state index contributed by atoms with van der Waals surface area (Å²) in [6, 6.07) is 4.53. The van der Waals surface area contributed by atoms with Crippen molar-refractivity contribution in [1.29, 1.82) is 0 Å². The van der Waals surface area contributed by atoms with Gasteiger partial charge in [-0.25, -0.2) is 0 Å². The average Bonchev–Trinajstić information content (AvgIpc) is 2.36. The lowest BCUT2D eigenvalue weighted by atomic mass is 10.1. The van der Waals surface area contributed by atoms with E-state index in [0.29, 0.717) is 12.1 Å². The van der Waals surface area contributed by atoms with Gasteiger partial charge in [-0.05, 0) is 37.6 Å². The van der Waals surface area contributed by atoms with Gasteiger partial charge in [0.2, 0.25) is 0 Å². The Hall–Kier alpha value is -0.590. The van der Waals surface area contributed by atoms with Gasteiger partial charge in [0.15, 0.2) is 0 Å². The van der Waals surface area contributed by atoms with Crippen molar-refractivity contribution < 1.29 is 13.2 Å². The molecule has 1 aromatic rings. The van der Waals surface area contributed by atoms with Crippen LogP contribution in [0.2, 0.25) is 0 Å². The van der Waals surface area contributed by atoms with Gasteiger partial charge in [-0.1, -0.05) is 28.9 Å². The molecule has 1 aromatic carbocycles. The van der Waals surface area contributed by atoms with Crippen LogP contribution >= 0.6 is 15.9 Å². The van der Waals surface area contributed by atoms with Gasteiger partial charge in [0, 0.05) is 23.6 Å². The van der Waals surface area contributed by atoms with Crippen molar-refractivity contribution in [3.8, 4) is 0 Å². The molecule has 1 rings (SSSR count). The molecule has 0 spiro atoms. The van der Waals surface area contributed by atoms with E-state index in [2.05, 4.69) is 33.5 Å². The van der Waals surface area contributed by atoms with Crippen LogP contribution in [0.4, 0.5) is 13.2 Å². The molecule has 114 valence electrons. The fraction of sp³-hybridized carbons (Fsp3) is 0.571. The van der Waals surface area contributed by atoms with E-state index < -0.39 is 11.7 Å². The van der Waals surface area contributed by atoms with E-state index in [1.807, 2.05) is 6.92 Å². The molecular formula is C14H20BrF3N2. The lowest BCUT2D eigenvalue weighted by molar-refractivity contribution is -0.138. The molecule has 20 heavy (non-hydrogen) atoms. The minimum absolute atomic E-state index is 0.0754. The highest BCUT2D eigenvalue weighted by atomic mass is 79.9. The van der Waals surface area contributed by atoms with Gasteiger partial charge in [0.05, 0.1) is 5.56 Å². The van der Waals surface area contributed by atoms with E-state index in [9.17, 15) is 13.2 Å². The second kappa shape index (κ2) is 8.00. The molecule has 0 aliphatic carbocycles. The maximum absolute atomic E-state index is 12.8. The van der Waals surface area contributed by atoms with Crippen LogP contribution in [-0.2, 0) is 12.7 Å². The molecule has 0 radical (unpaired) electrons. The largest absolute Gasteiger partial charge is 0.417 e. The Morgan fingerprint density at radius 3 is 2.60 bits per heavy atom. The van der Waals surface area contributed by atoms with Crippen LogP contribution in [-0.4, -0.2) is 19.1 Å². The van der Waals surface area contributed by atoms with Crippen molar-refractivity contribution in [3.05, 3.63) is 33.8 Å². The number of hydrogen-bond acceptors (Lipinski definition) is 2. The first-order chi connectivity index (χ1) is 9.34. The standard InChI is InChI=1S/C14H20BrF3N2/c1-3-6-19-8-10(2)20-9-11-4-5-13(15)12(7-11)14(16,17)18/h4-5,7,10,19-20H,3,6,8-9H2,1-2H3. The van der Waals surface area contributed by atoms with Gasteiger partial charge >= 0.3 is 6.18 Å². The van der Waals surface area contributed by atoms with Gasteiger partial charge < -0.3 is 10.6 Å². The summed E-state index contributed by atoms with van der Waals surface area (Å²) in [5.74, 6) is 0.